The Hall–Kier alpha value is -0.840. The van der Waals surface area contributed by atoms with E-state index in [1.54, 1.807) is 7.11 Å². The van der Waals surface area contributed by atoms with Gasteiger partial charge in [-0.25, -0.2) is 0 Å². The zero-order valence-corrected chi connectivity index (χ0v) is 11.7. The lowest BCUT2D eigenvalue weighted by Gasteiger charge is -2.19. The van der Waals surface area contributed by atoms with Gasteiger partial charge < -0.3 is 14.5 Å². The summed E-state index contributed by atoms with van der Waals surface area (Å²) in [6.07, 6.45) is 2.62. The van der Waals surface area contributed by atoms with Crippen molar-refractivity contribution >= 4 is 0 Å². The van der Waals surface area contributed by atoms with E-state index < -0.39 is 0 Å². The summed E-state index contributed by atoms with van der Waals surface area (Å²) in [6.45, 7) is 5.59. The highest BCUT2D eigenvalue weighted by Crippen LogP contribution is 2.28. The van der Waals surface area contributed by atoms with Crippen molar-refractivity contribution in [3.8, 4) is 0 Å². The third-order valence-corrected chi connectivity index (χ3v) is 3.44. The Labute approximate surface area is 109 Å². The number of methoxy groups -OCH3 is 1. The van der Waals surface area contributed by atoms with E-state index in [9.17, 15) is 0 Å². The molecule has 1 saturated carbocycles. The van der Waals surface area contributed by atoms with Crippen LogP contribution >= 0.6 is 0 Å². The molecule has 18 heavy (non-hydrogen) atoms. The van der Waals surface area contributed by atoms with E-state index in [0.29, 0.717) is 0 Å². The molecule has 1 aromatic rings. The van der Waals surface area contributed by atoms with Gasteiger partial charge in [0, 0.05) is 31.8 Å². The first-order valence-corrected chi connectivity index (χ1v) is 6.70. The Balaban J connectivity index is 1.95. The number of furan rings is 1. The fourth-order valence-corrected chi connectivity index (χ4v) is 2.27. The maximum Gasteiger partial charge on any atom is 0.118 e. The van der Waals surface area contributed by atoms with Gasteiger partial charge in [-0.05, 0) is 32.9 Å². The van der Waals surface area contributed by atoms with Gasteiger partial charge in [0.1, 0.15) is 11.5 Å². The monoisotopic (exact) mass is 252 g/mol. The second-order valence-corrected chi connectivity index (χ2v) is 5.02. The molecule has 1 aliphatic carbocycles. The summed E-state index contributed by atoms with van der Waals surface area (Å²) < 4.78 is 11.0. The average molecular weight is 252 g/mol. The molecular formula is C14H24N2O2. The molecule has 0 saturated heterocycles. The topological polar surface area (TPSA) is 37.6 Å². The van der Waals surface area contributed by atoms with E-state index in [1.165, 1.54) is 18.4 Å². The number of ether oxygens (including phenoxy) is 1. The molecule has 1 fully saturated rings. The minimum Gasteiger partial charge on any atom is -0.465 e. The largest absolute Gasteiger partial charge is 0.465 e. The number of nitrogens with one attached hydrogen (secondary N) is 1. The first-order chi connectivity index (χ1) is 8.74. The van der Waals surface area contributed by atoms with Crippen LogP contribution in [0.2, 0.25) is 0 Å². The van der Waals surface area contributed by atoms with Crippen LogP contribution in [0.3, 0.4) is 0 Å². The SMILES string of the molecule is CNCc1cc(CN(CCOC)C2CC2)oc1C. The molecule has 2 rings (SSSR count). The number of rotatable bonds is 8. The first-order valence-electron chi connectivity index (χ1n) is 6.70. The minimum atomic E-state index is 0.735. The van der Waals surface area contributed by atoms with Gasteiger partial charge in [0.15, 0.2) is 0 Å². The second-order valence-electron chi connectivity index (χ2n) is 5.02. The minimum absolute atomic E-state index is 0.735. The van der Waals surface area contributed by atoms with Crippen molar-refractivity contribution in [3.05, 3.63) is 23.2 Å². The molecule has 1 aromatic heterocycles. The summed E-state index contributed by atoms with van der Waals surface area (Å²) in [4.78, 5) is 2.46. The van der Waals surface area contributed by atoms with Crippen molar-refractivity contribution in [1.82, 2.24) is 10.2 Å². The molecule has 0 unspecified atom stereocenters. The van der Waals surface area contributed by atoms with E-state index in [2.05, 4.69) is 16.3 Å². The lowest BCUT2D eigenvalue weighted by Crippen LogP contribution is -2.28. The van der Waals surface area contributed by atoms with E-state index in [0.717, 1.165) is 43.8 Å². The summed E-state index contributed by atoms with van der Waals surface area (Å²) in [5.41, 5.74) is 1.26. The highest BCUT2D eigenvalue weighted by molar-refractivity contribution is 5.20. The quantitative estimate of drug-likeness (QED) is 0.767. The van der Waals surface area contributed by atoms with Crippen LogP contribution in [0.15, 0.2) is 10.5 Å². The zero-order valence-electron chi connectivity index (χ0n) is 11.7. The van der Waals surface area contributed by atoms with Crippen LogP contribution in [0.25, 0.3) is 0 Å². The number of aryl methyl sites for hydroxylation is 1. The van der Waals surface area contributed by atoms with Gasteiger partial charge in [-0.1, -0.05) is 0 Å². The van der Waals surface area contributed by atoms with Crippen molar-refractivity contribution in [1.29, 1.82) is 0 Å². The molecule has 0 aliphatic heterocycles. The lowest BCUT2D eigenvalue weighted by molar-refractivity contribution is 0.134. The van der Waals surface area contributed by atoms with E-state index in [-0.39, 0.29) is 0 Å². The van der Waals surface area contributed by atoms with Crippen LogP contribution in [0, 0.1) is 6.92 Å². The van der Waals surface area contributed by atoms with Crippen LogP contribution < -0.4 is 5.32 Å². The van der Waals surface area contributed by atoms with Crippen molar-refractivity contribution < 1.29 is 9.15 Å². The molecule has 4 nitrogen and oxygen atoms in total. The normalized spacial score (nSPS) is 15.6. The van der Waals surface area contributed by atoms with Gasteiger partial charge in [0.25, 0.3) is 0 Å². The molecule has 4 heteroatoms. The van der Waals surface area contributed by atoms with Crippen LogP contribution in [-0.4, -0.2) is 38.3 Å². The van der Waals surface area contributed by atoms with Crippen molar-refractivity contribution in [2.45, 2.75) is 38.9 Å². The Morgan fingerprint density at radius 3 is 2.89 bits per heavy atom. The van der Waals surface area contributed by atoms with Crippen molar-refractivity contribution in [2.24, 2.45) is 0 Å². The fourth-order valence-electron chi connectivity index (χ4n) is 2.27. The molecule has 0 aromatic carbocycles. The second kappa shape index (κ2) is 6.36. The molecule has 102 valence electrons. The predicted molar refractivity (Wildman–Crippen MR) is 71.5 cm³/mol. The van der Waals surface area contributed by atoms with E-state index >= 15 is 0 Å². The predicted octanol–water partition coefficient (Wildman–Crippen LogP) is 1.92. The third-order valence-electron chi connectivity index (χ3n) is 3.44. The van der Waals surface area contributed by atoms with Gasteiger partial charge in [0.2, 0.25) is 0 Å². The molecule has 0 bridgehead atoms. The highest BCUT2D eigenvalue weighted by Gasteiger charge is 2.29. The summed E-state index contributed by atoms with van der Waals surface area (Å²) in [5.74, 6) is 2.10. The van der Waals surface area contributed by atoms with Gasteiger partial charge in [-0.15, -0.1) is 0 Å². The average Bonchev–Trinajstić information content (AvgIpc) is 3.12. The molecular weight excluding hydrogens is 228 g/mol. The first kappa shape index (κ1) is 13.6. The standard InChI is InChI=1S/C14H24N2O2/c1-11-12(9-15-2)8-14(18-11)10-16(6-7-17-3)13-4-5-13/h8,13,15H,4-7,9-10H2,1-3H3. The molecule has 1 N–H and O–H groups in total. The van der Waals surface area contributed by atoms with Crippen molar-refractivity contribution in [2.75, 3.05) is 27.3 Å². The molecule has 0 spiro atoms. The molecule has 0 atom stereocenters. The van der Waals surface area contributed by atoms with Gasteiger partial charge in [-0.3, -0.25) is 4.90 Å². The molecule has 1 heterocycles. The summed E-state index contributed by atoms with van der Waals surface area (Å²) in [5, 5.41) is 3.17. The third kappa shape index (κ3) is 3.57. The number of hydrogen-bond donors (Lipinski definition) is 1. The Morgan fingerprint density at radius 1 is 1.50 bits per heavy atom. The highest BCUT2D eigenvalue weighted by atomic mass is 16.5. The summed E-state index contributed by atoms with van der Waals surface area (Å²) >= 11 is 0. The Bertz CT molecular complexity index is 372. The van der Waals surface area contributed by atoms with E-state index in [1.807, 2.05) is 14.0 Å². The molecule has 1 aliphatic rings. The van der Waals surface area contributed by atoms with Gasteiger partial charge in [-0.2, -0.15) is 0 Å². The maximum atomic E-state index is 5.83. The molecule has 0 radical (unpaired) electrons. The lowest BCUT2D eigenvalue weighted by atomic mass is 10.2. The number of nitrogens with zero attached hydrogens (tertiary/aromatic N) is 1. The molecule has 0 amide bonds. The zero-order chi connectivity index (χ0) is 13.0. The summed E-state index contributed by atoms with van der Waals surface area (Å²) in [7, 11) is 3.72. The van der Waals surface area contributed by atoms with Gasteiger partial charge >= 0.3 is 0 Å². The maximum absolute atomic E-state index is 5.83. The summed E-state index contributed by atoms with van der Waals surface area (Å²) in [6, 6.07) is 2.91. The van der Waals surface area contributed by atoms with E-state index in [4.69, 9.17) is 9.15 Å². The number of hydrogen-bond acceptors (Lipinski definition) is 4. The van der Waals surface area contributed by atoms with Crippen LogP contribution in [0.5, 0.6) is 0 Å². The van der Waals surface area contributed by atoms with Gasteiger partial charge in [0.05, 0.1) is 13.2 Å². The smallest absolute Gasteiger partial charge is 0.118 e. The van der Waals surface area contributed by atoms with Crippen LogP contribution in [0.1, 0.15) is 29.9 Å². The van der Waals surface area contributed by atoms with Crippen molar-refractivity contribution in [3.63, 3.8) is 0 Å². The van der Waals surface area contributed by atoms with Crippen LogP contribution in [0.4, 0.5) is 0 Å². The Morgan fingerprint density at radius 2 is 2.28 bits per heavy atom. The fraction of sp³-hybridized carbons (Fsp3) is 0.714. The van der Waals surface area contributed by atoms with Crippen LogP contribution in [-0.2, 0) is 17.8 Å². The Kier molecular flexibility index (Phi) is 4.80.